The fourth-order valence-electron chi connectivity index (χ4n) is 1.57. The number of nitrogens with one attached hydrogen (secondary N) is 2. The Labute approximate surface area is 119 Å². The molecule has 0 aliphatic rings. The fraction of sp³-hybridized carbons (Fsp3) is 0.0769. The number of pyridine rings is 1. The molecule has 5 nitrogen and oxygen atoms in total. The van der Waals surface area contributed by atoms with Gasteiger partial charge in [0.15, 0.2) is 0 Å². The second-order valence-corrected chi connectivity index (χ2v) is 4.29. The summed E-state index contributed by atoms with van der Waals surface area (Å²) in [5.74, 6) is -0.510. The van der Waals surface area contributed by atoms with Crippen LogP contribution in [0.5, 0.6) is 0 Å². The van der Waals surface area contributed by atoms with E-state index in [1.54, 1.807) is 6.07 Å². The Kier molecular flexibility index (Phi) is 4.49. The van der Waals surface area contributed by atoms with Crippen LogP contribution in [0.3, 0.4) is 0 Å². The number of hydrogen-bond donors (Lipinski definition) is 3. The van der Waals surface area contributed by atoms with Crippen LogP contribution < -0.4 is 10.6 Å². The third kappa shape index (κ3) is 3.66. The average Bonchev–Trinajstić information content (AvgIpc) is 2.38. The van der Waals surface area contributed by atoms with Gasteiger partial charge in [-0.15, -0.1) is 0 Å². The average molecular weight is 296 g/mol. The lowest BCUT2D eigenvalue weighted by atomic mass is 10.2. The lowest BCUT2D eigenvalue weighted by molar-refractivity contribution is 0.262. The van der Waals surface area contributed by atoms with Crippen LogP contribution in [-0.4, -0.2) is 16.1 Å². The summed E-state index contributed by atoms with van der Waals surface area (Å²) in [5.41, 5.74) is 1.06. The minimum atomic E-state index is -0.576. The molecule has 3 N–H and O–H groups in total. The number of nitrogens with zero attached hydrogens (tertiary/aromatic N) is 1. The number of urea groups is 1. The molecule has 1 aromatic heterocycles. The molecule has 0 bridgehead atoms. The molecule has 7 heteroatoms. The van der Waals surface area contributed by atoms with Gasteiger partial charge in [-0.1, -0.05) is 17.7 Å². The van der Waals surface area contributed by atoms with Crippen molar-refractivity contribution in [3.8, 4) is 0 Å². The number of rotatable bonds is 3. The van der Waals surface area contributed by atoms with Crippen LogP contribution in [0.25, 0.3) is 0 Å². The number of anilines is 2. The smallest absolute Gasteiger partial charge is 0.323 e. The van der Waals surface area contributed by atoms with E-state index in [2.05, 4.69) is 15.6 Å². The number of carbonyl (C=O) groups is 1. The predicted octanol–water partition coefficient (Wildman–Crippen LogP) is 3.01. The van der Waals surface area contributed by atoms with Gasteiger partial charge in [0.05, 0.1) is 12.3 Å². The lowest BCUT2D eigenvalue weighted by Gasteiger charge is -2.11. The molecule has 0 aliphatic carbocycles. The van der Waals surface area contributed by atoms with Crippen molar-refractivity contribution in [1.29, 1.82) is 0 Å². The standard InChI is InChI=1S/C13H11ClFN3O2/c14-12-6-10(3-4-16-12)17-13(20)18-11-5-9(15)2-1-8(11)7-19/h1-6,19H,7H2,(H2,16,17,18,20). The molecule has 1 aromatic carbocycles. The number of amides is 2. The maximum Gasteiger partial charge on any atom is 0.323 e. The lowest BCUT2D eigenvalue weighted by Crippen LogP contribution is -2.20. The Morgan fingerprint density at radius 1 is 1.30 bits per heavy atom. The molecule has 2 amide bonds. The van der Waals surface area contributed by atoms with Crippen LogP contribution in [0.4, 0.5) is 20.6 Å². The van der Waals surface area contributed by atoms with E-state index in [1.165, 1.54) is 24.4 Å². The number of carbonyl (C=O) groups excluding carboxylic acids is 1. The van der Waals surface area contributed by atoms with Crippen LogP contribution in [0.1, 0.15) is 5.56 Å². The van der Waals surface area contributed by atoms with Crippen LogP contribution in [0, 0.1) is 5.82 Å². The van der Waals surface area contributed by atoms with Gasteiger partial charge in [-0.2, -0.15) is 0 Å². The van der Waals surface area contributed by atoms with Gasteiger partial charge in [0.1, 0.15) is 11.0 Å². The van der Waals surface area contributed by atoms with Crippen molar-refractivity contribution in [1.82, 2.24) is 4.98 Å². The van der Waals surface area contributed by atoms with E-state index in [-0.39, 0.29) is 17.4 Å². The molecule has 0 aliphatic heterocycles. The highest BCUT2D eigenvalue weighted by atomic mass is 35.5. The molecule has 0 unspecified atom stereocenters. The topological polar surface area (TPSA) is 74.2 Å². The predicted molar refractivity (Wildman–Crippen MR) is 74.2 cm³/mol. The van der Waals surface area contributed by atoms with Gasteiger partial charge in [-0.05, 0) is 24.3 Å². The monoisotopic (exact) mass is 295 g/mol. The Balaban J connectivity index is 2.10. The molecule has 0 fully saturated rings. The number of aromatic nitrogens is 1. The van der Waals surface area contributed by atoms with Gasteiger partial charge in [-0.3, -0.25) is 0 Å². The molecule has 0 spiro atoms. The third-order valence-corrected chi connectivity index (χ3v) is 2.68. The highest BCUT2D eigenvalue weighted by Crippen LogP contribution is 2.18. The minimum Gasteiger partial charge on any atom is -0.392 e. The molecule has 0 saturated heterocycles. The highest BCUT2D eigenvalue weighted by Gasteiger charge is 2.08. The van der Waals surface area contributed by atoms with Crippen molar-refractivity contribution in [2.45, 2.75) is 6.61 Å². The number of hydrogen-bond acceptors (Lipinski definition) is 3. The molecule has 1 heterocycles. The normalized spacial score (nSPS) is 10.2. The first-order valence-corrected chi connectivity index (χ1v) is 6.05. The minimum absolute atomic E-state index is 0.199. The van der Waals surface area contributed by atoms with E-state index in [4.69, 9.17) is 16.7 Å². The molecular weight excluding hydrogens is 285 g/mol. The summed E-state index contributed by atoms with van der Waals surface area (Å²) in [6, 6.07) is 6.19. The zero-order chi connectivity index (χ0) is 14.5. The van der Waals surface area contributed by atoms with Crippen LogP contribution in [0.15, 0.2) is 36.5 Å². The Bertz CT molecular complexity index is 637. The first kappa shape index (κ1) is 14.2. The highest BCUT2D eigenvalue weighted by molar-refractivity contribution is 6.29. The number of aliphatic hydroxyl groups is 1. The number of aliphatic hydroxyl groups excluding tert-OH is 1. The molecular formula is C13H11ClFN3O2. The van der Waals surface area contributed by atoms with E-state index in [9.17, 15) is 9.18 Å². The largest absolute Gasteiger partial charge is 0.392 e. The summed E-state index contributed by atoms with van der Waals surface area (Å²) in [7, 11) is 0. The fourth-order valence-corrected chi connectivity index (χ4v) is 1.74. The van der Waals surface area contributed by atoms with Gasteiger partial charge in [0.25, 0.3) is 0 Å². The van der Waals surface area contributed by atoms with Crippen molar-refractivity contribution < 1.29 is 14.3 Å². The summed E-state index contributed by atoms with van der Waals surface area (Å²) in [5, 5.41) is 14.3. The summed E-state index contributed by atoms with van der Waals surface area (Å²) in [6.07, 6.45) is 1.44. The molecule has 20 heavy (non-hydrogen) atoms. The van der Waals surface area contributed by atoms with Gasteiger partial charge >= 0.3 is 6.03 Å². The van der Waals surface area contributed by atoms with E-state index in [0.29, 0.717) is 11.3 Å². The summed E-state index contributed by atoms with van der Waals surface area (Å²) in [4.78, 5) is 15.6. The van der Waals surface area contributed by atoms with E-state index in [1.807, 2.05) is 0 Å². The van der Waals surface area contributed by atoms with E-state index < -0.39 is 11.8 Å². The maximum absolute atomic E-state index is 13.1. The molecule has 0 atom stereocenters. The Hall–Kier alpha value is -2.18. The quantitative estimate of drug-likeness (QED) is 0.762. The Morgan fingerprint density at radius 2 is 2.10 bits per heavy atom. The van der Waals surface area contributed by atoms with Gasteiger partial charge < -0.3 is 15.7 Å². The van der Waals surface area contributed by atoms with Crippen LogP contribution >= 0.6 is 11.6 Å². The van der Waals surface area contributed by atoms with E-state index in [0.717, 1.165) is 6.07 Å². The first-order chi connectivity index (χ1) is 9.58. The van der Waals surface area contributed by atoms with Crippen molar-refractivity contribution >= 4 is 29.0 Å². The summed E-state index contributed by atoms with van der Waals surface area (Å²) in [6.45, 7) is -0.309. The SMILES string of the molecule is O=C(Nc1ccnc(Cl)c1)Nc1cc(F)ccc1CO. The second kappa shape index (κ2) is 6.31. The van der Waals surface area contributed by atoms with Gasteiger partial charge in [0, 0.05) is 17.4 Å². The van der Waals surface area contributed by atoms with Crippen molar-refractivity contribution in [3.05, 3.63) is 53.1 Å². The summed E-state index contributed by atoms with van der Waals surface area (Å²) >= 11 is 5.69. The second-order valence-electron chi connectivity index (χ2n) is 3.91. The first-order valence-electron chi connectivity index (χ1n) is 5.67. The summed E-state index contributed by atoms with van der Waals surface area (Å²) < 4.78 is 13.1. The van der Waals surface area contributed by atoms with Gasteiger partial charge in [0.2, 0.25) is 0 Å². The van der Waals surface area contributed by atoms with Crippen LogP contribution in [0.2, 0.25) is 5.15 Å². The zero-order valence-electron chi connectivity index (χ0n) is 10.2. The van der Waals surface area contributed by atoms with Crippen molar-refractivity contribution in [2.75, 3.05) is 10.6 Å². The molecule has 2 rings (SSSR count). The molecule has 0 radical (unpaired) electrons. The number of halogens is 2. The van der Waals surface area contributed by atoms with Gasteiger partial charge in [-0.25, -0.2) is 14.2 Å². The number of benzene rings is 1. The third-order valence-electron chi connectivity index (χ3n) is 2.47. The van der Waals surface area contributed by atoms with Crippen molar-refractivity contribution in [2.24, 2.45) is 0 Å². The molecule has 104 valence electrons. The van der Waals surface area contributed by atoms with E-state index >= 15 is 0 Å². The molecule has 2 aromatic rings. The van der Waals surface area contributed by atoms with Crippen molar-refractivity contribution in [3.63, 3.8) is 0 Å². The maximum atomic E-state index is 13.1. The Morgan fingerprint density at radius 3 is 2.80 bits per heavy atom. The molecule has 0 saturated carbocycles. The van der Waals surface area contributed by atoms with Crippen LogP contribution in [-0.2, 0) is 6.61 Å². The zero-order valence-corrected chi connectivity index (χ0v) is 11.0.